The Bertz CT molecular complexity index is 1020. The van der Waals surface area contributed by atoms with Crippen molar-refractivity contribution in [2.75, 3.05) is 25.5 Å². The third-order valence-corrected chi connectivity index (χ3v) is 6.50. The van der Waals surface area contributed by atoms with E-state index < -0.39 is 6.17 Å². The van der Waals surface area contributed by atoms with Gasteiger partial charge in [-0.1, -0.05) is 5.21 Å². The topological polar surface area (TPSA) is 83.2 Å². The summed E-state index contributed by atoms with van der Waals surface area (Å²) in [5.74, 6) is 1.00. The first-order chi connectivity index (χ1) is 14.5. The van der Waals surface area contributed by atoms with E-state index in [-0.39, 0.29) is 23.8 Å². The van der Waals surface area contributed by atoms with Gasteiger partial charge >= 0.3 is 0 Å². The molecule has 1 saturated carbocycles. The summed E-state index contributed by atoms with van der Waals surface area (Å²) in [5, 5.41) is 26.8. The highest BCUT2D eigenvalue weighted by atomic mass is 19.1. The molecule has 2 saturated heterocycles. The van der Waals surface area contributed by atoms with E-state index in [4.69, 9.17) is 0 Å². The smallest absolute Gasteiger partial charge is 0.151 e. The van der Waals surface area contributed by atoms with Crippen molar-refractivity contribution in [1.29, 1.82) is 0 Å². The largest absolute Gasteiger partial charge is 0.507 e. The number of halogens is 1. The molecular weight excluding hydrogens is 385 g/mol. The molecule has 30 heavy (non-hydrogen) atoms. The molecule has 3 fully saturated rings. The number of alkyl halides is 1. The van der Waals surface area contributed by atoms with Crippen LogP contribution in [0.2, 0.25) is 0 Å². The Morgan fingerprint density at radius 3 is 2.67 bits per heavy atom. The molecule has 2 aromatic heterocycles. The van der Waals surface area contributed by atoms with Crippen molar-refractivity contribution in [3.8, 4) is 22.7 Å². The van der Waals surface area contributed by atoms with Crippen LogP contribution in [0.1, 0.15) is 12.8 Å². The number of phenols is 1. The second kappa shape index (κ2) is 7.32. The number of nitrogens with zero attached hydrogens (tertiary/aromatic N) is 7. The minimum atomic E-state index is -0.901. The molecule has 0 spiro atoms. The van der Waals surface area contributed by atoms with Gasteiger partial charge in [-0.2, -0.15) is 0 Å². The number of benzene rings is 1. The van der Waals surface area contributed by atoms with Crippen LogP contribution in [-0.2, 0) is 0 Å². The average molecular weight is 409 g/mol. The molecule has 0 unspecified atom stereocenters. The second-order valence-corrected chi connectivity index (χ2v) is 8.22. The number of piperidine rings is 2. The van der Waals surface area contributed by atoms with Gasteiger partial charge in [-0.3, -0.25) is 0 Å². The number of hydrogen-bond acceptors (Lipinski definition) is 7. The molecule has 0 amide bonds. The Balaban J connectivity index is 1.37. The Morgan fingerprint density at radius 1 is 1.17 bits per heavy atom. The van der Waals surface area contributed by atoms with E-state index in [0.717, 1.165) is 19.4 Å². The van der Waals surface area contributed by atoms with Crippen LogP contribution in [0.5, 0.6) is 5.75 Å². The molecule has 6 rings (SSSR count). The van der Waals surface area contributed by atoms with E-state index in [1.54, 1.807) is 29.2 Å². The molecule has 1 aliphatic carbocycles. The monoisotopic (exact) mass is 409 g/mol. The minimum absolute atomic E-state index is 0.0184. The third kappa shape index (κ3) is 3.09. The lowest BCUT2D eigenvalue weighted by molar-refractivity contribution is -0.0177. The fourth-order valence-corrected chi connectivity index (χ4v) is 4.94. The van der Waals surface area contributed by atoms with Crippen LogP contribution in [0.25, 0.3) is 16.9 Å². The van der Waals surface area contributed by atoms with Crippen molar-refractivity contribution < 1.29 is 9.50 Å². The molecule has 0 radical (unpaired) electrons. The van der Waals surface area contributed by atoms with E-state index in [2.05, 4.69) is 25.4 Å². The lowest BCUT2D eigenvalue weighted by Gasteiger charge is -2.52. The zero-order valence-corrected chi connectivity index (χ0v) is 16.9. The van der Waals surface area contributed by atoms with E-state index >= 15 is 4.39 Å². The fraction of sp³-hybridized carbons (Fsp3) is 0.429. The van der Waals surface area contributed by atoms with Crippen LogP contribution in [-0.4, -0.2) is 74.1 Å². The number of aromatic nitrogens is 5. The minimum Gasteiger partial charge on any atom is -0.507 e. The molecule has 8 nitrogen and oxygen atoms in total. The van der Waals surface area contributed by atoms with Crippen LogP contribution in [0, 0.1) is 5.92 Å². The number of fused-ring (bicyclic) bond motifs is 3. The van der Waals surface area contributed by atoms with Crippen molar-refractivity contribution in [2.45, 2.75) is 31.1 Å². The van der Waals surface area contributed by atoms with Gasteiger partial charge in [-0.25, -0.2) is 9.07 Å². The maximum absolute atomic E-state index is 15.1. The van der Waals surface area contributed by atoms with Gasteiger partial charge in [0.1, 0.15) is 11.9 Å². The van der Waals surface area contributed by atoms with E-state index in [1.807, 2.05) is 37.2 Å². The molecule has 2 aliphatic heterocycles. The van der Waals surface area contributed by atoms with E-state index in [9.17, 15) is 5.11 Å². The summed E-state index contributed by atoms with van der Waals surface area (Å²) in [5.41, 5.74) is 1.82. The number of hydrogen-bond donors (Lipinski definition) is 1. The van der Waals surface area contributed by atoms with Gasteiger partial charge in [-0.15, -0.1) is 15.3 Å². The molecule has 9 heteroatoms. The van der Waals surface area contributed by atoms with Gasteiger partial charge in [0.25, 0.3) is 0 Å². The van der Waals surface area contributed by atoms with Crippen LogP contribution >= 0.6 is 0 Å². The van der Waals surface area contributed by atoms with Gasteiger partial charge in [-0.05, 0) is 50.1 Å². The van der Waals surface area contributed by atoms with Gasteiger partial charge in [0.2, 0.25) is 0 Å². The lowest BCUT2D eigenvalue weighted by atomic mass is 9.74. The van der Waals surface area contributed by atoms with Gasteiger partial charge < -0.3 is 14.9 Å². The summed E-state index contributed by atoms with van der Waals surface area (Å²) in [6.07, 6.45) is 4.34. The van der Waals surface area contributed by atoms with Gasteiger partial charge in [0.05, 0.1) is 29.8 Å². The molecule has 156 valence electrons. The maximum Gasteiger partial charge on any atom is 0.151 e. The highest BCUT2D eigenvalue weighted by Gasteiger charge is 2.48. The van der Waals surface area contributed by atoms with Crippen LogP contribution in [0.15, 0.2) is 42.7 Å². The average Bonchev–Trinajstić information content (AvgIpc) is 3.29. The Hall–Kier alpha value is -3.07. The highest BCUT2D eigenvalue weighted by Crippen LogP contribution is 2.39. The lowest BCUT2D eigenvalue weighted by Crippen LogP contribution is -2.64. The quantitative estimate of drug-likeness (QED) is 0.708. The van der Waals surface area contributed by atoms with Crippen molar-refractivity contribution in [3.63, 3.8) is 0 Å². The van der Waals surface area contributed by atoms with Crippen molar-refractivity contribution in [2.24, 2.45) is 5.92 Å². The maximum atomic E-state index is 15.1. The number of aromatic hydroxyl groups is 1. The summed E-state index contributed by atoms with van der Waals surface area (Å²) in [6.45, 7) is 0.914. The standard InChI is InChI=1S/C21H24FN7O/c1-27-12-13-3-7-17(27)20(22)21(13)28(2)19-8-6-16(24-25-19)15-5-4-14(11-18(15)30)29-10-9-23-26-29/h4-6,8-11,13,17,20-21,30H,3,7,12H2,1-2H3/t13-,17+,20-,21+/m1/s1. The number of anilines is 1. The van der Waals surface area contributed by atoms with Crippen molar-refractivity contribution in [1.82, 2.24) is 30.1 Å². The summed E-state index contributed by atoms with van der Waals surface area (Å²) in [6, 6.07) is 8.65. The first kappa shape index (κ1) is 18.9. The van der Waals surface area contributed by atoms with Crippen LogP contribution < -0.4 is 4.90 Å². The summed E-state index contributed by atoms with van der Waals surface area (Å²) in [4.78, 5) is 4.07. The molecule has 4 atom stereocenters. The molecule has 2 bridgehead atoms. The first-order valence-electron chi connectivity index (χ1n) is 10.1. The Labute approximate surface area is 174 Å². The summed E-state index contributed by atoms with van der Waals surface area (Å²) < 4.78 is 16.7. The van der Waals surface area contributed by atoms with Crippen LogP contribution in [0.4, 0.5) is 10.2 Å². The van der Waals surface area contributed by atoms with Crippen LogP contribution in [0.3, 0.4) is 0 Å². The SMILES string of the molecule is CN1C[C@H]2CC[C@H]1[C@@H](F)[C@H]2N(C)c1ccc(-c2ccc(-n3ccnn3)cc2O)nn1. The van der Waals surface area contributed by atoms with E-state index in [0.29, 0.717) is 22.8 Å². The van der Waals surface area contributed by atoms with Crippen molar-refractivity contribution >= 4 is 5.82 Å². The third-order valence-electron chi connectivity index (χ3n) is 6.50. The Morgan fingerprint density at radius 2 is 2.03 bits per heavy atom. The fourth-order valence-electron chi connectivity index (χ4n) is 4.94. The van der Waals surface area contributed by atoms with Gasteiger partial charge in [0.15, 0.2) is 5.82 Å². The zero-order valence-electron chi connectivity index (χ0n) is 16.9. The summed E-state index contributed by atoms with van der Waals surface area (Å²) in [7, 11) is 3.90. The molecular formula is C21H24FN7O. The second-order valence-electron chi connectivity index (χ2n) is 8.22. The zero-order chi connectivity index (χ0) is 20.8. The molecule has 3 aliphatic rings. The number of rotatable bonds is 4. The molecule has 3 aromatic rings. The predicted octanol–water partition coefficient (Wildman–Crippen LogP) is 2.30. The highest BCUT2D eigenvalue weighted by molar-refractivity contribution is 5.69. The normalized spacial score (nSPS) is 26.1. The Kier molecular flexibility index (Phi) is 4.62. The van der Waals surface area contributed by atoms with E-state index in [1.165, 1.54) is 0 Å². The molecule has 1 N–H and O–H groups in total. The molecule has 1 aromatic carbocycles. The van der Waals surface area contributed by atoms with Gasteiger partial charge in [0, 0.05) is 31.3 Å². The summed E-state index contributed by atoms with van der Waals surface area (Å²) >= 11 is 0. The number of phenolic OH excluding ortho intramolecular Hbond substituents is 1. The van der Waals surface area contributed by atoms with Crippen molar-refractivity contribution in [3.05, 3.63) is 42.7 Å². The first-order valence-corrected chi connectivity index (χ1v) is 10.1. The predicted molar refractivity (Wildman–Crippen MR) is 110 cm³/mol. The molecule has 4 heterocycles.